The quantitative estimate of drug-likeness (QED) is 0.785. The fourth-order valence-electron chi connectivity index (χ4n) is 2.44. The molecule has 0 amide bonds. The van der Waals surface area contributed by atoms with E-state index in [0.29, 0.717) is 0 Å². The number of ketones is 1. The largest absolute Gasteiger partial charge is 0.385 e. The van der Waals surface area contributed by atoms with Crippen LogP contribution < -0.4 is 10.6 Å². The average molecular weight is 246 g/mol. The molecular formula is C15H22N2O. The number of hydrogen-bond acceptors (Lipinski definition) is 3. The Morgan fingerprint density at radius 3 is 2.89 bits per heavy atom. The highest BCUT2D eigenvalue weighted by Gasteiger charge is 2.12. The Morgan fingerprint density at radius 2 is 2.17 bits per heavy atom. The van der Waals surface area contributed by atoms with Gasteiger partial charge in [-0.25, -0.2) is 0 Å². The lowest BCUT2D eigenvalue weighted by atomic mass is 9.95. The molecule has 2 rings (SSSR count). The topological polar surface area (TPSA) is 41.1 Å². The first-order valence-corrected chi connectivity index (χ1v) is 6.81. The second-order valence-electron chi connectivity index (χ2n) is 5.05. The second-order valence-corrected chi connectivity index (χ2v) is 5.05. The van der Waals surface area contributed by atoms with Crippen molar-refractivity contribution in [1.29, 1.82) is 0 Å². The number of benzene rings is 1. The van der Waals surface area contributed by atoms with E-state index in [1.165, 1.54) is 19.3 Å². The van der Waals surface area contributed by atoms with Crippen LogP contribution in [0.2, 0.25) is 0 Å². The van der Waals surface area contributed by atoms with Crippen LogP contribution >= 0.6 is 0 Å². The minimum atomic E-state index is 0.122. The van der Waals surface area contributed by atoms with Crippen molar-refractivity contribution in [2.45, 2.75) is 26.2 Å². The monoisotopic (exact) mass is 246 g/mol. The molecule has 98 valence electrons. The summed E-state index contributed by atoms with van der Waals surface area (Å²) in [4.78, 5) is 11.3. The molecule has 18 heavy (non-hydrogen) atoms. The normalized spacial score (nSPS) is 16.5. The molecule has 0 radical (unpaired) electrons. The summed E-state index contributed by atoms with van der Waals surface area (Å²) < 4.78 is 0. The number of carbonyl (C=O) groups is 1. The maximum Gasteiger partial charge on any atom is 0.159 e. The van der Waals surface area contributed by atoms with E-state index < -0.39 is 0 Å². The molecule has 1 heterocycles. The van der Waals surface area contributed by atoms with Gasteiger partial charge in [0.05, 0.1) is 0 Å². The number of Topliss-reactive ketones (excluding diaryl/α,β-unsaturated/α-hetero) is 1. The lowest BCUT2D eigenvalue weighted by Crippen LogP contribution is -2.28. The molecule has 0 atom stereocenters. The Balaban J connectivity index is 1.78. The van der Waals surface area contributed by atoms with Gasteiger partial charge in [-0.3, -0.25) is 4.79 Å². The number of piperidine rings is 1. The second kappa shape index (κ2) is 6.55. The van der Waals surface area contributed by atoms with E-state index in [0.717, 1.165) is 36.8 Å². The summed E-state index contributed by atoms with van der Waals surface area (Å²) in [5.74, 6) is 0.965. The summed E-state index contributed by atoms with van der Waals surface area (Å²) in [5.41, 5.74) is 1.83. The summed E-state index contributed by atoms with van der Waals surface area (Å²) in [5, 5.41) is 6.80. The molecule has 0 unspecified atom stereocenters. The summed E-state index contributed by atoms with van der Waals surface area (Å²) in [6, 6.07) is 7.75. The standard InChI is InChI=1S/C15H22N2O/c1-12(18)14-3-2-4-15(11-14)17-10-7-13-5-8-16-9-6-13/h2-4,11,13,16-17H,5-10H2,1H3. The van der Waals surface area contributed by atoms with Crippen LogP contribution in [0.5, 0.6) is 0 Å². The van der Waals surface area contributed by atoms with Crippen molar-refractivity contribution in [2.24, 2.45) is 5.92 Å². The zero-order valence-electron chi connectivity index (χ0n) is 11.0. The van der Waals surface area contributed by atoms with Gasteiger partial charge in [0, 0.05) is 17.8 Å². The van der Waals surface area contributed by atoms with Crippen molar-refractivity contribution < 1.29 is 4.79 Å². The zero-order chi connectivity index (χ0) is 12.8. The summed E-state index contributed by atoms with van der Waals surface area (Å²) in [6.45, 7) is 4.91. The molecule has 2 N–H and O–H groups in total. The molecule has 1 aromatic carbocycles. The Kier molecular flexibility index (Phi) is 4.76. The van der Waals surface area contributed by atoms with E-state index in [-0.39, 0.29) is 5.78 Å². The van der Waals surface area contributed by atoms with E-state index in [4.69, 9.17) is 0 Å². The van der Waals surface area contributed by atoms with Crippen molar-refractivity contribution in [3.8, 4) is 0 Å². The molecule has 0 aliphatic carbocycles. The summed E-state index contributed by atoms with van der Waals surface area (Å²) >= 11 is 0. The molecule has 0 spiro atoms. The first kappa shape index (κ1) is 13.1. The third-order valence-corrected chi connectivity index (χ3v) is 3.61. The number of rotatable bonds is 5. The van der Waals surface area contributed by atoms with Gasteiger partial charge in [0.15, 0.2) is 5.78 Å². The van der Waals surface area contributed by atoms with Crippen LogP contribution in [0.25, 0.3) is 0 Å². The highest BCUT2D eigenvalue weighted by molar-refractivity contribution is 5.94. The molecule has 1 saturated heterocycles. The van der Waals surface area contributed by atoms with Crippen LogP contribution in [0.15, 0.2) is 24.3 Å². The third-order valence-electron chi connectivity index (χ3n) is 3.61. The predicted molar refractivity (Wildman–Crippen MR) is 75.1 cm³/mol. The van der Waals surface area contributed by atoms with E-state index >= 15 is 0 Å². The summed E-state index contributed by atoms with van der Waals surface area (Å²) in [6.07, 6.45) is 3.79. The van der Waals surface area contributed by atoms with Crippen LogP contribution in [0.3, 0.4) is 0 Å². The van der Waals surface area contributed by atoms with Crippen LogP contribution in [0.1, 0.15) is 36.5 Å². The number of hydrogen-bond donors (Lipinski definition) is 2. The lowest BCUT2D eigenvalue weighted by Gasteiger charge is -2.22. The molecule has 0 aromatic heterocycles. The first-order chi connectivity index (χ1) is 8.75. The van der Waals surface area contributed by atoms with Crippen molar-refractivity contribution in [1.82, 2.24) is 5.32 Å². The molecular weight excluding hydrogens is 224 g/mol. The van der Waals surface area contributed by atoms with Gasteiger partial charge >= 0.3 is 0 Å². The Morgan fingerprint density at radius 1 is 1.39 bits per heavy atom. The summed E-state index contributed by atoms with van der Waals surface area (Å²) in [7, 11) is 0. The third kappa shape index (κ3) is 3.84. The number of anilines is 1. The molecule has 1 aliphatic rings. The Labute approximate surface area is 109 Å². The lowest BCUT2D eigenvalue weighted by molar-refractivity contribution is 0.101. The Hall–Kier alpha value is -1.35. The molecule has 0 saturated carbocycles. The van der Waals surface area contributed by atoms with Gasteiger partial charge in [-0.1, -0.05) is 12.1 Å². The van der Waals surface area contributed by atoms with Crippen molar-refractivity contribution in [2.75, 3.05) is 25.0 Å². The van der Waals surface area contributed by atoms with Gasteiger partial charge in [-0.05, 0) is 57.3 Å². The van der Waals surface area contributed by atoms with Gasteiger partial charge in [-0.2, -0.15) is 0 Å². The van der Waals surface area contributed by atoms with Crippen LogP contribution in [-0.4, -0.2) is 25.4 Å². The fraction of sp³-hybridized carbons (Fsp3) is 0.533. The van der Waals surface area contributed by atoms with Crippen LogP contribution in [0.4, 0.5) is 5.69 Å². The van der Waals surface area contributed by atoms with Gasteiger partial charge in [0.1, 0.15) is 0 Å². The van der Waals surface area contributed by atoms with Crippen molar-refractivity contribution in [3.63, 3.8) is 0 Å². The highest BCUT2D eigenvalue weighted by atomic mass is 16.1. The number of nitrogens with one attached hydrogen (secondary N) is 2. The Bertz CT molecular complexity index is 397. The molecule has 1 fully saturated rings. The van der Waals surface area contributed by atoms with E-state index in [1.54, 1.807) is 6.92 Å². The molecule has 1 aliphatic heterocycles. The van der Waals surface area contributed by atoms with Gasteiger partial charge in [0.25, 0.3) is 0 Å². The fourth-order valence-corrected chi connectivity index (χ4v) is 2.44. The molecule has 0 bridgehead atoms. The van der Waals surface area contributed by atoms with Gasteiger partial charge in [0.2, 0.25) is 0 Å². The molecule has 3 heteroatoms. The maximum absolute atomic E-state index is 11.3. The van der Waals surface area contributed by atoms with E-state index in [1.807, 2.05) is 24.3 Å². The minimum absolute atomic E-state index is 0.122. The smallest absolute Gasteiger partial charge is 0.159 e. The number of carbonyl (C=O) groups excluding carboxylic acids is 1. The molecule has 1 aromatic rings. The van der Waals surface area contributed by atoms with Gasteiger partial charge in [-0.15, -0.1) is 0 Å². The van der Waals surface area contributed by atoms with Gasteiger partial charge < -0.3 is 10.6 Å². The van der Waals surface area contributed by atoms with E-state index in [9.17, 15) is 4.79 Å². The first-order valence-electron chi connectivity index (χ1n) is 6.81. The van der Waals surface area contributed by atoms with E-state index in [2.05, 4.69) is 10.6 Å². The minimum Gasteiger partial charge on any atom is -0.385 e. The molecule has 3 nitrogen and oxygen atoms in total. The highest BCUT2D eigenvalue weighted by Crippen LogP contribution is 2.17. The van der Waals surface area contributed by atoms with Crippen LogP contribution in [0, 0.1) is 5.92 Å². The SMILES string of the molecule is CC(=O)c1cccc(NCCC2CCNCC2)c1. The van der Waals surface area contributed by atoms with Crippen molar-refractivity contribution in [3.05, 3.63) is 29.8 Å². The zero-order valence-corrected chi connectivity index (χ0v) is 11.0. The van der Waals surface area contributed by atoms with Crippen molar-refractivity contribution >= 4 is 11.5 Å². The maximum atomic E-state index is 11.3. The average Bonchev–Trinajstić information content (AvgIpc) is 2.40. The predicted octanol–water partition coefficient (Wildman–Crippen LogP) is 2.69. The van der Waals surface area contributed by atoms with Crippen LogP contribution in [-0.2, 0) is 0 Å².